The Morgan fingerprint density at radius 3 is 2.90 bits per heavy atom. The molecule has 0 amide bonds. The van der Waals surface area contributed by atoms with Gasteiger partial charge in [-0.1, -0.05) is 62.9 Å². The van der Waals surface area contributed by atoms with Gasteiger partial charge in [-0.25, -0.2) is 0 Å². The predicted molar refractivity (Wildman–Crippen MR) is 81.8 cm³/mol. The molecule has 3 unspecified atom stereocenters. The van der Waals surface area contributed by atoms with Crippen molar-refractivity contribution in [3.8, 4) is 0 Å². The van der Waals surface area contributed by atoms with Gasteiger partial charge < -0.3 is 4.74 Å². The molecule has 2 aliphatic heterocycles. The van der Waals surface area contributed by atoms with Gasteiger partial charge in [0.25, 0.3) is 0 Å². The summed E-state index contributed by atoms with van der Waals surface area (Å²) in [5.74, 6) is 0. The van der Waals surface area contributed by atoms with Gasteiger partial charge in [-0.05, 0) is 12.0 Å². The van der Waals surface area contributed by atoms with Gasteiger partial charge in [-0.2, -0.15) is 5.10 Å². The van der Waals surface area contributed by atoms with Crippen LogP contribution in [0.2, 0.25) is 0 Å². The van der Waals surface area contributed by atoms with E-state index in [4.69, 9.17) is 4.74 Å². The Hall–Kier alpha value is -1.35. The van der Waals surface area contributed by atoms with Gasteiger partial charge in [0.15, 0.2) is 0 Å². The van der Waals surface area contributed by atoms with Crippen molar-refractivity contribution in [2.24, 2.45) is 5.10 Å². The van der Waals surface area contributed by atoms with Crippen molar-refractivity contribution >= 4 is 6.21 Å². The number of hydrogen-bond donors (Lipinski definition) is 0. The van der Waals surface area contributed by atoms with Crippen molar-refractivity contribution in [1.29, 1.82) is 0 Å². The lowest BCUT2D eigenvalue weighted by molar-refractivity contribution is 0.377. The minimum atomic E-state index is 0.272. The minimum absolute atomic E-state index is 0.272. The van der Waals surface area contributed by atoms with Gasteiger partial charge in [0.2, 0.25) is 0 Å². The molecule has 1 aromatic rings. The highest BCUT2D eigenvalue weighted by atomic mass is 16.6. The normalized spacial score (nSPS) is 28.1. The van der Waals surface area contributed by atoms with Crippen LogP contribution >= 0.6 is 0 Å². The molecule has 2 saturated heterocycles. The molecule has 1 aromatic carbocycles. The highest BCUT2D eigenvalue weighted by molar-refractivity contribution is 5.66. The lowest BCUT2D eigenvalue weighted by Crippen LogP contribution is -1.98. The second kappa shape index (κ2) is 6.40. The molecule has 0 aliphatic carbocycles. The summed E-state index contributed by atoms with van der Waals surface area (Å²) in [6.07, 6.45) is 9.16. The fourth-order valence-corrected chi connectivity index (χ4v) is 2.65. The van der Waals surface area contributed by atoms with Gasteiger partial charge in [0.05, 0.1) is 24.9 Å². The molecule has 0 radical (unpaired) electrons. The SMILES string of the molecule is CCCCCCC1OC1/C=N/N1CC1c1ccccc1. The van der Waals surface area contributed by atoms with Crippen LogP contribution in [-0.4, -0.2) is 30.0 Å². The highest BCUT2D eigenvalue weighted by Gasteiger charge is 2.39. The number of ether oxygens (including phenoxy) is 1. The molecule has 0 spiro atoms. The maximum absolute atomic E-state index is 5.64. The van der Waals surface area contributed by atoms with Gasteiger partial charge in [-0.3, -0.25) is 5.01 Å². The number of nitrogens with zero attached hydrogens (tertiary/aromatic N) is 2. The van der Waals surface area contributed by atoms with Crippen molar-refractivity contribution in [3.63, 3.8) is 0 Å². The van der Waals surface area contributed by atoms with Crippen LogP contribution in [0.5, 0.6) is 0 Å². The maximum Gasteiger partial charge on any atom is 0.121 e. The molecule has 3 nitrogen and oxygen atoms in total. The molecule has 2 aliphatic rings. The van der Waals surface area contributed by atoms with Crippen molar-refractivity contribution < 1.29 is 4.74 Å². The van der Waals surface area contributed by atoms with Crippen LogP contribution < -0.4 is 0 Å². The molecule has 20 heavy (non-hydrogen) atoms. The number of hydrazone groups is 1. The van der Waals surface area contributed by atoms with Crippen LogP contribution in [0, 0.1) is 0 Å². The molecule has 2 heterocycles. The van der Waals surface area contributed by atoms with E-state index < -0.39 is 0 Å². The summed E-state index contributed by atoms with van der Waals surface area (Å²) >= 11 is 0. The largest absolute Gasteiger partial charge is 0.363 e. The average molecular weight is 272 g/mol. The average Bonchev–Trinajstić information content (AvgIpc) is 3.38. The number of unbranched alkanes of at least 4 members (excludes halogenated alkanes) is 3. The summed E-state index contributed by atoms with van der Waals surface area (Å²) in [6, 6.07) is 11.1. The number of epoxide rings is 1. The Morgan fingerprint density at radius 1 is 1.25 bits per heavy atom. The molecular formula is C17H24N2O. The summed E-state index contributed by atoms with van der Waals surface area (Å²) in [6.45, 7) is 3.28. The Balaban J connectivity index is 1.35. The van der Waals surface area contributed by atoms with Crippen molar-refractivity contribution in [2.45, 2.75) is 57.3 Å². The standard InChI is InChI=1S/C17H24N2O/c1-2-3-4-8-11-16-17(20-16)12-18-19-13-15(19)14-9-6-5-7-10-14/h5-7,9-10,12,15-17H,2-4,8,11,13H2,1H3/b18-12+. The molecule has 3 heteroatoms. The summed E-state index contributed by atoms with van der Waals surface area (Å²) in [5, 5.41) is 6.66. The Bertz CT molecular complexity index is 446. The second-order valence-corrected chi connectivity index (χ2v) is 5.80. The van der Waals surface area contributed by atoms with Crippen LogP contribution in [0.15, 0.2) is 35.4 Å². The summed E-state index contributed by atoms with van der Waals surface area (Å²) in [4.78, 5) is 0. The monoisotopic (exact) mass is 272 g/mol. The summed E-state index contributed by atoms with van der Waals surface area (Å²) in [7, 11) is 0. The van der Waals surface area contributed by atoms with Crippen LogP contribution in [0.25, 0.3) is 0 Å². The molecule has 108 valence electrons. The van der Waals surface area contributed by atoms with Crippen molar-refractivity contribution in [2.75, 3.05) is 6.54 Å². The van der Waals surface area contributed by atoms with Gasteiger partial charge in [0.1, 0.15) is 6.10 Å². The first-order valence-electron chi connectivity index (χ1n) is 7.89. The Labute approximate surface area is 121 Å². The topological polar surface area (TPSA) is 27.9 Å². The number of hydrogen-bond acceptors (Lipinski definition) is 3. The maximum atomic E-state index is 5.64. The van der Waals surface area contributed by atoms with Gasteiger partial charge in [0, 0.05) is 0 Å². The third kappa shape index (κ3) is 3.60. The summed E-state index contributed by atoms with van der Waals surface area (Å²) < 4.78 is 5.64. The summed E-state index contributed by atoms with van der Waals surface area (Å²) in [5.41, 5.74) is 1.36. The van der Waals surface area contributed by atoms with E-state index in [1.165, 1.54) is 37.7 Å². The molecule has 2 fully saturated rings. The smallest absolute Gasteiger partial charge is 0.121 e. The molecule has 3 rings (SSSR count). The van der Waals surface area contributed by atoms with Crippen LogP contribution in [0.4, 0.5) is 0 Å². The highest BCUT2D eigenvalue weighted by Crippen LogP contribution is 2.35. The second-order valence-electron chi connectivity index (χ2n) is 5.80. The Kier molecular flexibility index (Phi) is 4.36. The van der Waals surface area contributed by atoms with Crippen molar-refractivity contribution in [1.82, 2.24) is 5.01 Å². The lowest BCUT2D eigenvalue weighted by Gasteiger charge is -1.98. The van der Waals surface area contributed by atoms with Gasteiger partial charge in [-0.15, -0.1) is 0 Å². The third-order valence-electron chi connectivity index (χ3n) is 4.10. The van der Waals surface area contributed by atoms with Crippen LogP contribution in [0.1, 0.15) is 50.6 Å². The fourth-order valence-electron chi connectivity index (χ4n) is 2.65. The molecule has 3 atom stereocenters. The molecule has 0 aromatic heterocycles. The molecular weight excluding hydrogens is 248 g/mol. The number of benzene rings is 1. The van der Waals surface area contributed by atoms with E-state index in [1.54, 1.807) is 0 Å². The zero-order valence-corrected chi connectivity index (χ0v) is 12.2. The van der Waals surface area contributed by atoms with Crippen LogP contribution in [-0.2, 0) is 4.74 Å². The molecule has 0 N–H and O–H groups in total. The predicted octanol–water partition coefficient (Wildman–Crippen LogP) is 3.77. The van der Waals surface area contributed by atoms with E-state index in [9.17, 15) is 0 Å². The zero-order valence-electron chi connectivity index (χ0n) is 12.2. The van der Waals surface area contributed by atoms with Crippen molar-refractivity contribution in [3.05, 3.63) is 35.9 Å². The van der Waals surface area contributed by atoms with E-state index in [0.717, 1.165) is 6.54 Å². The van der Waals surface area contributed by atoms with E-state index in [2.05, 4.69) is 47.4 Å². The van der Waals surface area contributed by atoms with E-state index in [-0.39, 0.29) is 6.10 Å². The minimum Gasteiger partial charge on any atom is -0.363 e. The fraction of sp³-hybridized carbons (Fsp3) is 0.588. The van der Waals surface area contributed by atoms with E-state index in [1.807, 2.05) is 6.21 Å². The quantitative estimate of drug-likeness (QED) is 0.409. The first-order chi connectivity index (χ1) is 9.88. The zero-order chi connectivity index (χ0) is 13.8. The lowest BCUT2D eigenvalue weighted by atomic mass is 10.1. The molecule has 0 bridgehead atoms. The third-order valence-corrected chi connectivity index (χ3v) is 4.10. The Morgan fingerprint density at radius 2 is 2.10 bits per heavy atom. The first-order valence-corrected chi connectivity index (χ1v) is 7.89. The number of rotatable bonds is 8. The first kappa shape index (κ1) is 13.6. The van der Waals surface area contributed by atoms with Crippen LogP contribution in [0.3, 0.4) is 0 Å². The van der Waals surface area contributed by atoms with E-state index in [0.29, 0.717) is 12.1 Å². The van der Waals surface area contributed by atoms with E-state index >= 15 is 0 Å². The molecule has 0 saturated carbocycles. The van der Waals surface area contributed by atoms with Gasteiger partial charge >= 0.3 is 0 Å².